The highest BCUT2D eigenvalue weighted by Crippen LogP contribution is 2.46. The number of rotatable bonds is 11. The van der Waals surface area contributed by atoms with Gasteiger partial charge < -0.3 is 19.0 Å². The van der Waals surface area contributed by atoms with Gasteiger partial charge in [0.25, 0.3) is 5.69 Å². The molecule has 3 aromatic carbocycles. The maximum Gasteiger partial charge on any atom is 0.411 e. The number of nitrogens with zero attached hydrogens (tertiary/aromatic N) is 3. The van der Waals surface area contributed by atoms with Crippen LogP contribution in [0.3, 0.4) is 0 Å². The fraction of sp³-hybridized carbons (Fsp3) is 0.333. The van der Waals surface area contributed by atoms with Gasteiger partial charge in [0, 0.05) is 34.9 Å². The van der Waals surface area contributed by atoms with Gasteiger partial charge in [-0.2, -0.15) is 5.10 Å². The first-order valence-electron chi connectivity index (χ1n) is 15.8. The second-order valence-electron chi connectivity index (χ2n) is 12.7. The van der Waals surface area contributed by atoms with Gasteiger partial charge in [0.05, 0.1) is 28.5 Å². The normalized spacial score (nSPS) is 16.2. The van der Waals surface area contributed by atoms with E-state index in [1.807, 2.05) is 41.1 Å². The Kier molecular flexibility index (Phi) is 9.35. The molecule has 12 heteroatoms. The van der Waals surface area contributed by atoms with Crippen molar-refractivity contribution in [3.8, 4) is 22.4 Å². The van der Waals surface area contributed by atoms with E-state index in [1.165, 1.54) is 6.07 Å². The number of carbonyl (C=O) groups excluding carboxylic acids is 3. The average Bonchev–Trinajstić information content (AvgIpc) is 3.39. The van der Waals surface area contributed by atoms with Crippen molar-refractivity contribution in [2.24, 2.45) is 5.41 Å². The molecule has 1 aliphatic heterocycles. The van der Waals surface area contributed by atoms with Crippen LogP contribution in [0.15, 0.2) is 66.7 Å². The number of anilines is 1. The topological polar surface area (TPSA) is 152 Å². The maximum atomic E-state index is 12.6. The molecule has 1 unspecified atom stereocenters. The van der Waals surface area contributed by atoms with Crippen molar-refractivity contribution >= 4 is 29.7 Å². The molecule has 12 nitrogen and oxygen atoms in total. The lowest BCUT2D eigenvalue weighted by atomic mass is 9.75. The minimum atomic E-state index is -0.762. The third-order valence-electron chi connectivity index (χ3n) is 8.73. The zero-order chi connectivity index (χ0) is 33.8. The van der Waals surface area contributed by atoms with Gasteiger partial charge in [-0.25, -0.2) is 9.48 Å². The lowest BCUT2D eigenvalue weighted by Gasteiger charge is -2.33. The van der Waals surface area contributed by atoms with Crippen molar-refractivity contribution in [3.05, 3.63) is 99.2 Å². The van der Waals surface area contributed by atoms with Crippen LogP contribution in [-0.4, -0.2) is 39.7 Å². The Morgan fingerprint density at radius 3 is 2.58 bits per heavy atom. The maximum absolute atomic E-state index is 12.6. The van der Waals surface area contributed by atoms with Crippen LogP contribution >= 0.6 is 0 Å². The van der Waals surface area contributed by atoms with Gasteiger partial charge in [-0.3, -0.25) is 20.2 Å². The van der Waals surface area contributed by atoms with Crippen molar-refractivity contribution in [2.45, 2.75) is 65.4 Å². The minimum absolute atomic E-state index is 0.0342. The summed E-state index contributed by atoms with van der Waals surface area (Å²) in [6.07, 6.45) is 2.44. The summed E-state index contributed by atoms with van der Waals surface area (Å²) in [7, 11) is 0. The molecule has 1 saturated heterocycles. The molecule has 1 aliphatic carbocycles. The number of hydrogen-bond acceptors (Lipinski definition) is 9. The summed E-state index contributed by atoms with van der Waals surface area (Å²) < 4.78 is 18.5. The standard InChI is InChI=1S/C36H36N4O8/c1-36(2)16-13-27-30(20-36)39(31-15-18-46-31)38-34(27)28-10-6-9-24(22-47-32(42)14-17-41)33(28)26-12-11-25(19-29(26)40(44)45)37-35(43)48-21-23-7-4-3-5-8-23/h3-12,17,19,31H,13-16,18,20-22H2,1-2H3,(H,37,43). The Bertz CT molecular complexity index is 1860. The summed E-state index contributed by atoms with van der Waals surface area (Å²) in [5.41, 5.74) is 5.44. The summed E-state index contributed by atoms with van der Waals surface area (Å²) in [6.45, 7) is 4.92. The Morgan fingerprint density at radius 1 is 1.08 bits per heavy atom. The summed E-state index contributed by atoms with van der Waals surface area (Å²) in [6, 6.07) is 18.9. The minimum Gasteiger partial charge on any atom is -0.460 e. The van der Waals surface area contributed by atoms with Gasteiger partial charge in [-0.1, -0.05) is 62.4 Å². The van der Waals surface area contributed by atoms with Crippen LogP contribution in [-0.2, 0) is 49.9 Å². The van der Waals surface area contributed by atoms with E-state index in [0.29, 0.717) is 35.3 Å². The molecule has 1 amide bonds. The Hall–Kier alpha value is -5.36. The van der Waals surface area contributed by atoms with Gasteiger partial charge in [0.1, 0.15) is 25.9 Å². The number of aromatic nitrogens is 2. The number of fused-ring (bicyclic) bond motifs is 1. The predicted octanol–water partition coefficient (Wildman–Crippen LogP) is 6.94. The molecule has 4 aromatic rings. The molecule has 1 fully saturated rings. The van der Waals surface area contributed by atoms with Crippen molar-refractivity contribution in [3.63, 3.8) is 0 Å². The molecule has 6 rings (SSSR count). The number of carbonyl (C=O) groups is 3. The van der Waals surface area contributed by atoms with E-state index in [-0.39, 0.29) is 41.8 Å². The number of benzene rings is 3. The monoisotopic (exact) mass is 652 g/mol. The molecule has 48 heavy (non-hydrogen) atoms. The molecule has 1 atom stereocenters. The SMILES string of the molecule is CC1(C)CCc2c(-c3cccc(COC(=O)CC=O)c3-c3ccc(NC(=O)OCc4ccccc4)cc3[N+](=O)[O-])nn(C3CCO3)c2C1. The fourth-order valence-corrected chi connectivity index (χ4v) is 6.20. The highest BCUT2D eigenvalue weighted by Gasteiger charge is 2.36. The summed E-state index contributed by atoms with van der Waals surface area (Å²) >= 11 is 0. The van der Waals surface area contributed by atoms with Gasteiger partial charge in [-0.15, -0.1) is 0 Å². The van der Waals surface area contributed by atoms with Crippen molar-refractivity contribution in [1.29, 1.82) is 0 Å². The number of amides is 1. The lowest BCUT2D eigenvalue weighted by Crippen LogP contribution is -2.30. The lowest BCUT2D eigenvalue weighted by molar-refractivity contribution is -0.384. The van der Waals surface area contributed by atoms with Crippen LogP contribution in [0.2, 0.25) is 0 Å². The molecular weight excluding hydrogens is 616 g/mol. The smallest absolute Gasteiger partial charge is 0.411 e. The van der Waals surface area contributed by atoms with Gasteiger partial charge in [0.15, 0.2) is 6.23 Å². The molecule has 0 radical (unpaired) electrons. The van der Waals surface area contributed by atoms with Crippen LogP contribution in [0.5, 0.6) is 0 Å². The zero-order valence-electron chi connectivity index (χ0n) is 26.8. The summed E-state index contributed by atoms with van der Waals surface area (Å²) in [5, 5.41) is 20.3. The van der Waals surface area contributed by atoms with Crippen LogP contribution < -0.4 is 5.32 Å². The summed E-state index contributed by atoms with van der Waals surface area (Å²) in [5.74, 6) is -0.713. The van der Waals surface area contributed by atoms with E-state index in [9.17, 15) is 24.5 Å². The van der Waals surface area contributed by atoms with Crippen molar-refractivity contribution in [2.75, 3.05) is 11.9 Å². The van der Waals surface area contributed by atoms with Gasteiger partial charge >= 0.3 is 12.1 Å². The highest BCUT2D eigenvalue weighted by atomic mass is 16.6. The van der Waals surface area contributed by atoms with Crippen molar-refractivity contribution in [1.82, 2.24) is 9.78 Å². The average molecular weight is 653 g/mol. The molecule has 0 saturated carbocycles. The quantitative estimate of drug-likeness (QED) is 0.0597. The molecule has 0 spiro atoms. The number of nitro groups is 1. The first-order chi connectivity index (χ1) is 23.1. The van der Waals surface area contributed by atoms with E-state index in [1.54, 1.807) is 24.3 Å². The number of esters is 1. The number of aldehydes is 1. The first kappa shape index (κ1) is 32.6. The molecular formula is C36H36N4O8. The number of nitro benzene ring substituents is 1. The largest absolute Gasteiger partial charge is 0.460 e. The second-order valence-corrected chi connectivity index (χ2v) is 12.7. The fourth-order valence-electron chi connectivity index (χ4n) is 6.20. The first-order valence-corrected chi connectivity index (χ1v) is 15.8. The predicted molar refractivity (Wildman–Crippen MR) is 176 cm³/mol. The van der Waals surface area contributed by atoms with E-state index in [4.69, 9.17) is 19.3 Å². The molecule has 1 aromatic heterocycles. The van der Waals surface area contributed by atoms with E-state index >= 15 is 0 Å². The zero-order valence-corrected chi connectivity index (χ0v) is 26.8. The van der Waals surface area contributed by atoms with Crippen LogP contribution in [0.4, 0.5) is 16.2 Å². The second kappa shape index (κ2) is 13.8. The molecule has 1 N–H and O–H groups in total. The Morgan fingerprint density at radius 2 is 1.88 bits per heavy atom. The number of ether oxygens (including phenoxy) is 3. The van der Waals surface area contributed by atoms with E-state index in [2.05, 4.69) is 19.2 Å². The Labute approximate surface area is 277 Å². The third-order valence-corrected chi connectivity index (χ3v) is 8.73. The van der Waals surface area contributed by atoms with Crippen LogP contribution in [0.25, 0.3) is 22.4 Å². The van der Waals surface area contributed by atoms with E-state index in [0.717, 1.165) is 42.5 Å². The van der Waals surface area contributed by atoms with Gasteiger partial charge in [-0.05, 0) is 47.9 Å². The molecule has 248 valence electrons. The van der Waals surface area contributed by atoms with Crippen molar-refractivity contribution < 1.29 is 33.5 Å². The van der Waals surface area contributed by atoms with E-state index < -0.39 is 23.4 Å². The molecule has 2 aliphatic rings. The van der Waals surface area contributed by atoms with Crippen LogP contribution in [0, 0.1) is 15.5 Å². The number of hydrogen-bond donors (Lipinski definition) is 1. The van der Waals surface area contributed by atoms with Crippen LogP contribution in [0.1, 0.15) is 61.7 Å². The molecule has 0 bridgehead atoms. The molecule has 2 heterocycles. The van der Waals surface area contributed by atoms with Gasteiger partial charge in [0.2, 0.25) is 0 Å². The third kappa shape index (κ3) is 6.98. The summed E-state index contributed by atoms with van der Waals surface area (Å²) in [4.78, 5) is 47.8. The highest BCUT2D eigenvalue weighted by molar-refractivity contribution is 5.92. The Balaban J connectivity index is 1.42. The number of nitrogens with one attached hydrogen (secondary N) is 1.